The van der Waals surface area contributed by atoms with Gasteiger partial charge >= 0.3 is 6.18 Å². The maximum absolute atomic E-state index is 12.1. The Morgan fingerprint density at radius 2 is 2.29 bits per heavy atom. The topological polar surface area (TPSA) is 34.9 Å². The molecule has 1 aromatic rings. The Balaban J connectivity index is 3.14. The van der Waals surface area contributed by atoms with E-state index < -0.39 is 11.9 Å². The summed E-state index contributed by atoms with van der Waals surface area (Å²) in [7, 11) is 0. The maximum Gasteiger partial charge on any atom is 0.435 e. The van der Waals surface area contributed by atoms with Crippen LogP contribution in [0.4, 0.5) is 13.2 Å². The summed E-state index contributed by atoms with van der Waals surface area (Å²) in [6.45, 7) is -0.163. The molecule has 0 amide bonds. The summed E-state index contributed by atoms with van der Waals surface area (Å²) in [4.78, 5) is 10.3. The van der Waals surface area contributed by atoms with Crippen LogP contribution < -0.4 is 0 Å². The average molecular weight is 202 g/mol. The van der Waals surface area contributed by atoms with Crippen LogP contribution in [0.2, 0.25) is 0 Å². The van der Waals surface area contributed by atoms with Gasteiger partial charge in [0.25, 0.3) is 0 Å². The fraction of sp³-hybridized carbons (Fsp3) is 0.250. The number of hydrogen-bond donors (Lipinski definition) is 0. The molecule has 1 aromatic heterocycles. The molecule has 74 valence electrons. The van der Waals surface area contributed by atoms with Gasteiger partial charge in [0.1, 0.15) is 12.2 Å². The first-order valence-electron chi connectivity index (χ1n) is 3.52. The van der Waals surface area contributed by atoms with Crippen LogP contribution in [0.15, 0.2) is 6.07 Å². The third-order valence-corrected chi connectivity index (χ3v) is 1.46. The number of carbonyl (C=O) groups excluding carboxylic acids is 1. The Bertz CT molecular complexity index is 386. The molecule has 14 heavy (non-hydrogen) atoms. The van der Waals surface area contributed by atoms with Gasteiger partial charge in [-0.1, -0.05) is 5.92 Å². The smallest absolute Gasteiger partial charge is 0.296 e. The highest BCUT2D eigenvalue weighted by Gasteiger charge is 2.34. The van der Waals surface area contributed by atoms with Crippen molar-refractivity contribution in [3.63, 3.8) is 0 Å². The quantitative estimate of drug-likeness (QED) is 0.536. The van der Waals surface area contributed by atoms with E-state index in [1.165, 1.54) is 0 Å². The molecular weight excluding hydrogens is 197 g/mol. The van der Waals surface area contributed by atoms with E-state index in [2.05, 4.69) is 11.0 Å². The molecule has 0 atom stereocenters. The first kappa shape index (κ1) is 10.3. The molecule has 0 radical (unpaired) electrons. The minimum atomic E-state index is -4.56. The monoisotopic (exact) mass is 202 g/mol. The first-order chi connectivity index (χ1) is 6.49. The van der Waals surface area contributed by atoms with Gasteiger partial charge in [-0.25, -0.2) is 4.68 Å². The minimum absolute atomic E-state index is 0.163. The summed E-state index contributed by atoms with van der Waals surface area (Å²) >= 11 is 0. The number of aldehydes is 1. The highest BCUT2D eigenvalue weighted by Crippen LogP contribution is 2.28. The number of rotatable bonds is 2. The number of alkyl halides is 3. The van der Waals surface area contributed by atoms with E-state index in [0.29, 0.717) is 6.07 Å². The van der Waals surface area contributed by atoms with Gasteiger partial charge in [-0.2, -0.15) is 18.3 Å². The van der Waals surface area contributed by atoms with Gasteiger partial charge in [-0.3, -0.25) is 4.79 Å². The zero-order valence-corrected chi connectivity index (χ0v) is 6.88. The van der Waals surface area contributed by atoms with Gasteiger partial charge in [0.15, 0.2) is 12.0 Å². The molecule has 0 aliphatic heterocycles. The van der Waals surface area contributed by atoms with Crippen molar-refractivity contribution in [3.8, 4) is 12.3 Å². The molecule has 0 aliphatic carbocycles. The molecular formula is C8H5F3N2O. The number of aromatic nitrogens is 2. The number of nitrogens with zero attached hydrogens (tertiary/aromatic N) is 2. The summed E-state index contributed by atoms with van der Waals surface area (Å²) in [5.41, 5.74) is -1.30. The van der Waals surface area contributed by atoms with E-state index >= 15 is 0 Å². The van der Waals surface area contributed by atoms with Crippen molar-refractivity contribution in [2.45, 2.75) is 12.7 Å². The van der Waals surface area contributed by atoms with E-state index in [1.807, 2.05) is 0 Å². The second-order valence-corrected chi connectivity index (χ2v) is 2.43. The lowest BCUT2D eigenvalue weighted by molar-refractivity contribution is -0.141. The minimum Gasteiger partial charge on any atom is -0.296 e. The predicted octanol–water partition coefficient (Wildman–Crippen LogP) is 1.35. The standard InChI is InChI=1S/C8H5F3N2O/c1-2-3-13-6(5-14)4-7(12-13)8(9,10)11/h1,4-5H,3H2. The van der Waals surface area contributed by atoms with Crippen LogP contribution in [0.3, 0.4) is 0 Å². The van der Waals surface area contributed by atoms with Crippen LogP contribution in [-0.2, 0) is 12.7 Å². The molecule has 0 fully saturated rings. The van der Waals surface area contributed by atoms with Crippen LogP contribution in [0, 0.1) is 12.3 Å². The fourth-order valence-electron chi connectivity index (χ4n) is 0.878. The maximum atomic E-state index is 12.1. The molecule has 1 heterocycles. The molecule has 0 bridgehead atoms. The zero-order chi connectivity index (χ0) is 10.8. The van der Waals surface area contributed by atoms with E-state index in [9.17, 15) is 18.0 Å². The lowest BCUT2D eigenvalue weighted by atomic mass is 10.3. The van der Waals surface area contributed by atoms with Gasteiger partial charge in [0, 0.05) is 0 Å². The van der Waals surface area contributed by atoms with E-state index in [0.717, 1.165) is 4.68 Å². The van der Waals surface area contributed by atoms with Gasteiger partial charge in [-0.15, -0.1) is 6.42 Å². The Morgan fingerprint density at radius 3 is 2.71 bits per heavy atom. The Hall–Kier alpha value is -1.77. The van der Waals surface area contributed by atoms with Crippen LogP contribution in [-0.4, -0.2) is 16.1 Å². The zero-order valence-electron chi connectivity index (χ0n) is 6.88. The Morgan fingerprint density at radius 1 is 1.64 bits per heavy atom. The molecule has 0 spiro atoms. The SMILES string of the molecule is C#CCn1nc(C(F)(F)F)cc1C=O. The van der Waals surface area contributed by atoms with Crippen molar-refractivity contribution in [3.05, 3.63) is 17.5 Å². The summed E-state index contributed by atoms with van der Waals surface area (Å²) in [6.07, 6.45) is 0.614. The molecule has 6 heteroatoms. The number of terminal acetylenes is 1. The third kappa shape index (κ3) is 1.93. The summed E-state index contributed by atoms with van der Waals surface area (Å²) in [6, 6.07) is 0.657. The molecule has 0 aromatic carbocycles. The van der Waals surface area contributed by atoms with Gasteiger partial charge in [0.2, 0.25) is 0 Å². The number of hydrogen-bond acceptors (Lipinski definition) is 2. The van der Waals surface area contributed by atoms with Crippen LogP contribution >= 0.6 is 0 Å². The van der Waals surface area contributed by atoms with Crippen LogP contribution in [0.5, 0.6) is 0 Å². The second kappa shape index (κ2) is 3.54. The largest absolute Gasteiger partial charge is 0.435 e. The van der Waals surface area contributed by atoms with Crippen molar-refractivity contribution in [1.29, 1.82) is 0 Å². The second-order valence-electron chi connectivity index (χ2n) is 2.43. The predicted molar refractivity (Wildman–Crippen MR) is 41.4 cm³/mol. The Labute approximate surface area is 77.5 Å². The number of halogens is 3. The normalized spacial score (nSPS) is 11.0. The summed E-state index contributed by atoms with van der Waals surface area (Å²) < 4.78 is 37.2. The van der Waals surface area contributed by atoms with E-state index in [4.69, 9.17) is 6.42 Å². The first-order valence-corrected chi connectivity index (χ1v) is 3.52. The highest BCUT2D eigenvalue weighted by atomic mass is 19.4. The van der Waals surface area contributed by atoms with Gasteiger partial charge in [0.05, 0.1) is 0 Å². The van der Waals surface area contributed by atoms with Crippen molar-refractivity contribution in [1.82, 2.24) is 9.78 Å². The molecule has 3 nitrogen and oxygen atoms in total. The highest BCUT2D eigenvalue weighted by molar-refractivity contribution is 5.72. The molecule has 0 unspecified atom stereocenters. The average Bonchev–Trinajstić information content (AvgIpc) is 2.47. The number of carbonyl (C=O) groups is 1. The lowest BCUT2D eigenvalue weighted by Gasteiger charge is -1.99. The van der Waals surface area contributed by atoms with Gasteiger partial charge < -0.3 is 0 Å². The molecule has 0 saturated heterocycles. The van der Waals surface area contributed by atoms with E-state index in [1.54, 1.807) is 0 Å². The molecule has 0 aliphatic rings. The van der Waals surface area contributed by atoms with Crippen LogP contribution in [0.1, 0.15) is 16.2 Å². The summed E-state index contributed by atoms with van der Waals surface area (Å²) in [5.74, 6) is 2.10. The lowest BCUT2D eigenvalue weighted by Crippen LogP contribution is -2.08. The molecule has 0 N–H and O–H groups in total. The third-order valence-electron chi connectivity index (χ3n) is 1.46. The fourth-order valence-corrected chi connectivity index (χ4v) is 0.878. The van der Waals surface area contributed by atoms with Crippen molar-refractivity contribution >= 4 is 6.29 Å². The molecule has 0 saturated carbocycles. The van der Waals surface area contributed by atoms with Crippen molar-refractivity contribution in [2.24, 2.45) is 0 Å². The summed E-state index contributed by atoms with van der Waals surface area (Å²) in [5, 5.41) is 3.16. The van der Waals surface area contributed by atoms with Gasteiger partial charge in [-0.05, 0) is 6.07 Å². The van der Waals surface area contributed by atoms with E-state index in [-0.39, 0.29) is 18.5 Å². The van der Waals surface area contributed by atoms with Crippen LogP contribution in [0.25, 0.3) is 0 Å². The Kier molecular flexibility index (Phi) is 2.60. The molecule has 1 rings (SSSR count). The van der Waals surface area contributed by atoms with Crippen molar-refractivity contribution < 1.29 is 18.0 Å². The van der Waals surface area contributed by atoms with Crippen molar-refractivity contribution in [2.75, 3.05) is 0 Å².